The van der Waals surface area contributed by atoms with E-state index in [-0.39, 0.29) is 29.7 Å². The Hall–Kier alpha value is -0.420. The van der Waals surface area contributed by atoms with Gasteiger partial charge in [-0.1, -0.05) is 0 Å². The molecule has 1 heterocycles. The second-order valence-electron chi connectivity index (χ2n) is 6.30. The predicted octanol–water partition coefficient (Wildman–Crippen LogP) is 2.65. The zero-order valence-corrected chi connectivity index (χ0v) is 19.2. The summed E-state index contributed by atoms with van der Waals surface area (Å²) in [6, 6.07) is 0. The monoisotopic (exact) mass is 488 g/mol. The normalized spacial score (nSPS) is 12.7. The van der Waals surface area contributed by atoms with E-state index in [0.717, 1.165) is 10.7 Å². The van der Waals surface area contributed by atoms with Gasteiger partial charge in [-0.05, 0) is 41.5 Å². The van der Waals surface area contributed by atoms with Crippen LogP contribution in [0.15, 0.2) is 4.99 Å². The molecule has 0 aliphatic carbocycles. The van der Waals surface area contributed by atoms with E-state index in [9.17, 15) is 8.42 Å². The van der Waals surface area contributed by atoms with Gasteiger partial charge in [0.25, 0.3) is 0 Å². The maximum atomic E-state index is 12.1. The van der Waals surface area contributed by atoms with Crippen LogP contribution in [0, 0.1) is 13.8 Å². The summed E-state index contributed by atoms with van der Waals surface area (Å²) in [6.45, 7) is 12.7. The van der Waals surface area contributed by atoms with Gasteiger partial charge in [-0.3, -0.25) is 0 Å². The van der Waals surface area contributed by atoms with Crippen LogP contribution in [0.3, 0.4) is 0 Å². The molecule has 0 saturated heterocycles. The standard InChI is InChI=1S/C15H28N4O2S2.HI/c1-7-16-14(17-8-9-23(20,21)15(4,5)6)18-10-13-19-11(2)12(3)22-13;/h7-10H2,1-6H3,(H2,16,17,18);1H. The SMILES string of the molecule is CCNC(=NCc1nc(C)c(C)s1)NCCS(=O)(=O)C(C)(C)C.I. The number of aromatic nitrogens is 1. The number of aryl methyl sites for hydroxylation is 2. The van der Waals surface area contributed by atoms with Gasteiger partial charge in [-0.25, -0.2) is 18.4 Å². The molecule has 1 rings (SSSR count). The molecule has 0 unspecified atom stereocenters. The molecule has 0 fully saturated rings. The third-order valence-corrected chi connectivity index (χ3v) is 7.05. The lowest BCUT2D eigenvalue weighted by atomic mass is 10.3. The molecule has 6 nitrogen and oxygen atoms in total. The molecule has 0 radical (unpaired) electrons. The van der Waals surface area contributed by atoms with E-state index in [2.05, 4.69) is 20.6 Å². The van der Waals surface area contributed by atoms with E-state index in [1.54, 1.807) is 32.1 Å². The molecule has 0 spiro atoms. The number of aliphatic imine (C=N–C) groups is 1. The largest absolute Gasteiger partial charge is 0.357 e. The third kappa shape index (κ3) is 7.22. The Balaban J connectivity index is 0.00000529. The molecule has 9 heteroatoms. The van der Waals surface area contributed by atoms with Gasteiger partial charge in [0.1, 0.15) is 5.01 Å². The molecule has 0 aliphatic rings. The molecule has 0 saturated carbocycles. The number of sulfone groups is 1. The van der Waals surface area contributed by atoms with E-state index < -0.39 is 14.6 Å². The van der Waals surface area contributed by atoms with E-state index in [1.807, 2.05) is 20.8 Å². The van der Waals surface area contributed by atoms with Crippen molar-refractivity contribution in [3.63, 3.8) is 0 Å². The van der Waals surface area contributed by atoms with Crippen molar-refractivity contribution in [1.29, 1.82) is 0 Å². The molecular formula is C15H29IN4O2S2. The van der Waals surface area contributed by atoms with Crippen LogP contribution in [0.2, 0.25) is 0 Å². The number of guanidine groups is 1. The Labute approximate surface area is 166 Å². The summed E-state index contributed by atoms with van der Waals surface area (Å²) < 4.78 is 23.5. The molecule has 0 aromatic carbocycles. The summed E-state index contributed by atoms with van der Waals surface area (Å²) in [5, 5.41) is 7.16. The fraction of sp³-hybridized carbons (Fsp3) is 0.733. The van der Waals surface area contributed by atoms with Crippen molar-refractivity contribution in [1.82, 2.24) is 15.6 Å². The molecule has 0 amide bonds. The summed E-state index contributed by atoms with van der Waals surface area (Å²) in [6.07, 6.45) is 0. The van der Waals surface area contributed by atoms with Gasteiger partial charge in [-0.2, -0.15) is 0 Å². The highest BCUT2D eigenvalue weighted by atomic mass is 127. The number of hydrogen-bond donors (Lipinski definition) is 2. The lowest BCUT2D eigenvalue weighted by Gasteiger charge is -2.19. The quantitative estimate of drug-likeness (QED) is 0.366. The van der Waals surface area contributed by atoms with E-state index in [0.29, 0.717) is 25.6 Å². The highest BCUT2D eigenvalue weighted by Crippen LogP contribution is 2.17. The smallest absolute Gasteiger partial charge is 0.191 e. The first-order valence-corrected chi connectivity index (χ1v) is 10.2. The van der Waals surface area contributed by atoms with Gasteiger partial charge in [0.15, 0.2) is 15.8 Å². The maximum absolute atomic E-state index is 12.1. The minimum absolute atomic E-state index is 0. The first kappa shape index (κ1) is 23.6. The molecule has 1 aromatic heterocycles. The Morgan fingerprint density at radius 3 is 2.33 bits per heavy atom. The number of hydrogen-bond acceptors (Lipinski definition) is 5. The number of nitrogens with zero attached hydrogens (tertiary/aromatic N) is 2. The molecule has 0 atom stereocenters. The average molecular weight is 488 g/mol. The maximum Gasteiger partial charge on any atom is 0.191 e. The number of thiazole rings is 1. The van der Waals surface area contributed by atoms with Crippen LogP contribution in [0.25, 0.3) is 0 Å². The fourth-order valence-corrected chi connectivity index (χ4v) is 3.55. The molecule has 0 bridgehead atoms. The second kappa shape index (κ2) is 9.91. The zero-order valence-electron chi connectivity index (χ0n) is 15.3. The highest BCUT2D eigenvalue weighted by Gasteiger charge is 2.28. The van der Waals surface area contributed by atoms with Gasteiger partial charge in [0, 0.05) is 18.0 Å². The Morgan fingerprint density at radius 2 is 1.88 bits per heavy atom. The van der Waals surface area contributed by atoms with E-state index >= 15 is 0 Å². The zero-order chi connectivity index (χ0) is 17.7. The molecule has 24 heavy (non-hydrogen) atoms. The topological polar surface area (TPSA) is 83.4 Å². The van der Waals surface area contributed by atoms with Crippen molar-refractivity contribution in [2.75, 3.05) is 18.8 Å². The van der Waals surface area contributed by atoms with Gasteiger partial charge in [0.05, 0.1) is 22.7 Å². The average Bonchev–Trinajstić information content (AvgIpc) is 2.73. The number of rotatable bonds is 6. The minimum Gasteiger partial charge on any atom is -0.357 e. The van der Waals surface area contributed by atoms with Crippen LogP contribution in [0.5, 0.6) is 0 Å². The van der Waals surface area contributed by atoms with Crippen molar-refractivity contribution in [3.05, 3.63) is 15.6 Å². The van der Waals surface area contributed by atoms with Gasteiger partial charge in [-0.15, -0.1) is 35.3 Å². The minimum atomic E-state index is -3.13. The van der Waals surface area contributed by atoms with Crippen molar-refractivity contribution in [2.24, 2.45) is 4.99 Å². The summed E-state index contributed by atoms with van der Waals surface area (Å²) in [5.41, 5.74) is 1.04. The van der Waals surface area contributed by atoms with Crippen molar-refractivity contribution in [3.8, 4) is 0 Å². The first-order valence-electron chi connectivity index (χ1n) is 7.74. The number of halogens is 1. The van der Waals surface area contributed by atoms with Gasteiger partial charge in [0.2, 0.25) is 0 Å². The highest BCUT2D eigenvalue weighted by molar-refractivity contribution is 14.0. The van der Waals surface area contributed by atoms with Crippen LogP contribution >= 0.6 is 35.3 Å². The molecule has 140 valence electrons. The Bertz CT molecular complexity index is 629. The summed E-state index contributed by atoms with van der Waals surface area (Å²) >= 11 is 1.64. The molecule has 1 aromatic rings. The molecule has 0 aliphatic heterocycles. The van der Waals surface area contributed by atoms with E-state index in [4.69, 9.17) is 0 Å². The Morgan fingerprint density at radius 1 is 1.25 bits per heavy atom. The van der Waals surface area contributed by atoms with E-state index in [1.165, 1.54) is 4.88 Å². The summed E-state index contributed by atoms with van der Waals surface area (Å²) in [5.74, 6) is 0.693. The van der Waals surface area contributed by atoms with Crippen molar-refractivity contribution < 1.29 is 8.42 Å². The van der Waals surface area contributed by atoms with Crippen molar-refractivity contribution in [2.45, 2.75) is 52.8 Å². The number of nitrogens with one attached hydrogen (secondary N) is 2. The molecular weight excluding hydrogens is 459 g/mol. The van der Waals surface area contributed by atoms with Crippen LogP contribution in [0.4, 0.5) is 0 Å². The van der Waals surface area contributed by atoms with Gasteiger partial charge < -0.3 is 10.6 Å². The Kier molecular flexibility index (Phi) is 9.73. The van der Waals surface area contributed by atoms with Crippen LogP contribution in [0.1, 0.15) is 43.3 Å². The van der Waals surface area contributed by atoms with Gasteiger partial charge >= 0.3 is 0 Å². The fourth-order valence-electron chi connectivity index (χ4n) is 1.71. The summed E-state index contributed by atoms with van der Waals surface area (Å²) in [7, 11) is -3.13. The second-order valence-corrected chi connectivity index (χ2v) is 10.5. The van der Waals surface area contributed by atoms with Crippen LogP contribution in [-0.2, 0) is 16.4 Å². The third-order valence-electron chi connectivity index (χ3n) is 3.39. The molecule has 2 N–H and O–H groups in total. The lowest BCUT2D eigenvalue weighted by Crippen LogP contribution is -2.41. The lowest BCUT2D eigenvalue weighted by molar-refractivity contribution is 0.559. The first-order chi connectivity index (χ1) is 10.6. The van der Waals surface area contributed by atoms with Crippen LogP contribution in [-0.4, -0.2) is 43.0 Å². The predicted molar refractivity (Wildman–Crippen MR) is 113 cm³/mol. The summed E-state index contributed by atoms with van der Waals surface area (Å²) in [4.78, 5) is 10.1. The van der Waals surface area contributed by atoms with Crippen molar-refractivity contribution >= 4 is 51.1 Å². The van der Waals surface area contributed by atoms with Crippen LogP contribution < -0.4 is 10.6 Å².